The zero-order valence-electron chi connectivity index (χ0n) is 17.2. The molecule has 0 spiro atoms. The van der Waals surface area contributed by atoms with Gasteiger partial charge in [-0.3, -0.25) is 19.7 Å². The third-order valence-corrected chi connectivity index (χ3v) is 5.11. The van der Waals surface area contributed by atoms with Gasteiger partial charge in [-0.15, -0.1) is 0 Å². The molecule has 0 saturated carbocycles. The summed E-state index contributed by atoms with van der Waals surface area (Å²) < 4.78 is 25.6. The number of pyridine rings is 2. The Morgan fingerprint density at radius 3 is 2.61 bits per heavy atom. The highest BCUT2D eigenvalue weighted by Crippen LogP contribution is 2.31. The number of fused-ring (bicyclic) bond motifs is 1. The molecule has 0 aliphatic carbocycles. The predicted octanol–water partition coefficient (Wildman–Crippen LogP) is 4.54. The molecular formula is C22H17ClF2N6O2. The van der Waals surface area contributed by atoms with Gasteiger partial charge in [0.1, 0.15) is 0 Å². The van der Waals surface area contributed by atoms with E-state index >= 15 is 0 Å². The standard InChI is InChI=1S/C22H17ClF2N6O2/c1-12(32)31(11-20(24)25)19-5-3-13(7-17(19)23)18-4-2-14(8-26-18)22(33)29-16-6-15-9-28-30-21(15)27-10-16/h2-10,20H,11H2,1H3,(H,29,33)(H,27,28,30). The zero-order chi connectivity index (χ0) is 23.5. The van der Waals surface area contributed by atoms with Gasteiger partial charge in [0.25, 0.3) is 12.3 Å². The van der Waals surface area contributed by atoms with Crippen molar-refractivity contribution in [1.29, 1.82) is 0 Å². The summed E-state index contributed by atoms with van der Waals surface area (Å²) in [4.78, 5) is 33.7. The van der Waals surface area contributed by atoms with Crippen LogP contribution in [0.15, 0.2) is 55.0 Å². The summed E-state index contributed by atoms with van der Waals surface area (Å²) >= 11 is 6.26. The summed E-state index contributed by atoms with van der Waals surface area (Å²) in [7, 11) is 0. The number of hydrogen-bond donors (Lipinski definition) is 2. The Kier molecular flexibility index (Phi) is 6.27. The topological polar surface area (TPSA) is 104 Å². The van der Waals surface area contributed by atoms with Crippen molar-refractivity contribution >= 4 is 45.8 Å². The largest absolute Gasteiger partial charge is 0.321 e. The minimum absolute atomic E-state index is 0.133. The number of halogens is 3. The molecule has 0 bridgehead atoms. The lowest BCUT2D eigenvalue weighted by atomic mass is 10.1. The Morgan fingerprint density at radius 1 is 1.12 bits per heavy atom. The summed E-state index contributed by atoms with van der Waals surface area (Å²) in [6.45, 7) is 0.445. The first-order valence-electron chi connectivity index (χ1n) is 9.74. The van der Waals surface area contributed by atoms with Crippen molar-refractivity contribution in [2.45, 2.75) is 13.3 Å². The van der Waals surface area contributed by atoms with Crippen LogP contribution in [0.3, 0.4) is 0 Å². The molecule has 8 nitrogen and oxygen atoms in total. The second kappa shape index (κ2) is 9.29. The van der Waals surface area contributed by atoms with E-state index in [0.29, 0.717) is 28.2 Å². The quantitative estimate of drug-likeness (QED) is 0.430. The Labute approximate surface area is 191 Å². The number of nitrogens with zero attached hydrogens (tertiary/aromatic N) is 4. The third-order valence-electron chi connectivity index (χ3n) is 4.81. The highest BCUT2D eigenvalue weighted by molar-refractivity contribution is 6.34. The molecule has 3 aromatic heterocycles. The maximum Gasteiger partial charge on any atom is 0.257 e. The van der Waals surface area contributed by atoms with E-state index in [4.69, 9.17) is 11.6 Å². The van der Waals surface area contributed by atoms with Crippen LogP contribution in [0.25, 0.3) is 22.3 Å². The van der Waals surface area contributed by atoms with Crippen molar-refractivity contribution in [3.8, 4) is 11.3 Å². The summed E-state index contributed by atoms with van der Waals surface area (Å²) in [5.41, 5.74) is 2.76. The van der Waals surface area contributed by atoms with Crippen LogP contribution in [-0.2, 0) is 4.79 Å². The molecule has 0 radical (unpaired) electrons. The Balaban J connectivity index is 1.50. The molecule has 4 rings (SSSR count). The summed E-state index contributed by atoms with van der Waals surface area (Å²) in [6, 6.07) is 9.63. The average Bonchev–Trinajstić information content (AvgIpc) is 3.25. The first kappa shape index (κ1) is 22.3. The van der Waals surface area contributed by atoms with Gasteiger partial charge in [0.2, 0.25) is 5.91 Å². The number of nitrogens with one attached hydrogen (secondary N) is 2. The number of alkyl halides is 2. The summed E-state index contributed by atoms with van der Waals surface area (Å²) in [5.74, 6) is -0.906. The molecule has 33 heavy (non-hydrogen) atoms. The Bertz CT molecular complexity index is 1330. The van der Waals surface area contributed by atoms with Crippen molar-refractivity contribution < 1.29 is 18.4 Å². The van der Waals surface area contributed by atoms with E-state index in [1.165, 1.54) is 31.5 Å². The molecule has 2 N–H and O–H groups in total. The highest BCUT2D eigenvalue weighted by atomic mass is 35.5. The minimum atomic E-state index is -2.69. The molecule has 0 fully saturated rings. The lowest BCUT2D eigenvalue weighted by Crippen LogP contribution is -2.33. The maximum atomic E-state index is 12.8. The number of hydrogen-bond acceptors (Lipinski definition) is 5. The van der Waals surface area contributed by atoms with Crippen LogP contribution in [0.4, 0.5) is 20.2 Å². The van der Waals surface area contributed by atoms with Crippen LogP contribution in [0.5, 0.6) is 0 Å². The van der Waals surface area contributed by atoms with Gasteiger partial charge in [0.05, 0.1) is 46.6 Å². The van der Waals surface area contributed by atoms with E-state index < -0.39 is 18.9 Å². The van der Waals surface area contributed by atoms with Gasteiger partial charge in [-0.1, -0.05) is 17.7 Å². The molecule has 0 saturated heterocycles. The smallest absolute Gasteiger partial charge is 0.257 e. The van der Waals surface area contributed by atoms with Crippen LogP contribution in [0.2, 0.25) is 5.02 Å². The summed E-state index contributed by atoms with van der Waals surface area (Å²) in [6.07, 6.45) is 1.84. The molecule has 11 heteroatoms. The fourth-order valence-electron chi connectivity index (χ4n) is 3.23. The van der Waals surface area contributed by atoms with E-state index in [2.05, 4.69) is 25.5 Å². The maximum absolute atomic E-state index is 12.8. The van der Waals surface area contributed by atoms with Crippen molar-refractivity contribution in [3.05, 3.63) is 65.6 Å². The predicted molar refractivity (Wildman–Crippen MR) is 121 cm³/mol. The van der Waals surface area contributed by atoms with Crippen LogP contribution in [0, 0.1) is 0 Å². The molecular weight excluding hydrogens is 454 g/mol. The van der Waals surface area contributed by atoms with Crippen LogP contribution >= 0.6 is 11.6 Å². The van der Waals surface area contributed by atoms with Crippen molar-refractivity contribution in [3.63, 3.8) is 0 Å². The van der Waals surface area contributed by atoms with Gasteiger partial charge in [-0.05, 0) is 30.3 Å². The SMILES string of the molecule is CC(=O)N(CC(F)F)c1ccc(-c2ccc(C(=O)Nc3cnc4[nH]ncc4c3)cn2)cc1Cl. The average molecular weight is 471 g/mol. The Morgan fingerprint density at radius 2 is 1.94 bits per heavy atom. The lowest BCUT2D eigenvalue weighted by Gasteiger charge is -2.22. The number of aromatic amines is 1. The number of carbonyl (C=O) groups excluding carboxylic acids is 2. The molecule has 0 atom stereocenters. The van der Waals surface area contributed by atoms with Crippen molar-refractivity contribution in [2.24, 2.45) is 0 Å². The lowest BCUT2D eigenvalue weighted by molar-refractivity contribution is -0.117. The molecule has 0 aliphatic heterocycles. The number of rotatable bonds is 6. The van der Waals surface area contributed by atoms with Gasteiger partial charge >= 0.3 is 0 Å². The normalized spacial score (nSPS) is 11.1. The Hall–Kier alpha value is -3.92. The number of H-pyrrole nitrogens is 1. The monoisotopic (exact) mass is 470 g/mol. The molecule has 4 aromatic rings. The number of carbonyl (C=O) groups is 2. The van der Waals surface area contributed by atoms with E-state index in [0.717, 1.165) is 10.3 Å². The van der Waals surface area contributed by atoms with Gasteiger partial charge in [-0.25, -0.2) is 13.8 Å². The van der Waals surface area contributed by atoms with Crippen molar-refractivity contribution in [2.75, 3.05) is 16.8 Å². The van der Waals surface area contributed by atoms with Gasteiger partial charge < -0.3 is 10.2 Å². The zero-order valence-corrected chi connectivity index (χ0v) is 18.0. The number of anilines is 2. The molecule has 0 unspecified atom stereocenters. The van der Waals surface area contributed by atoms with Gasteiger partial charge in [-0.2, -0.15) is 5.10 Å². The fourth-order valence-corrected chi connectivity index (χ4v) is 3.51. The molecule has 0 aliphatic rings. The van der Waals surface area contributed by atoms with Crippen LogP contribution in [0.1, 0.15) is 17.3 Å². The first-order valence-corrected chi connectivity index (χ1v) is 10.1. The molecule has 168 valence electrons. The van der Waals surface area contributed by atoms with Gasteiger partial charge in [0, 0.05) is 24.1 Å². The third kappa shape index (κ3) is 4.96. The van der Waals surface area contributed by atoms with E-state index in [-0.39, 0.29) is 16.6 Å². The van der Waals surface area contributed by atoms with E-state index in [1.54, 1.807) is 30.5 Å². The second-order valence-electron chi connectivity index (χ2n) is 7.10. The summed E-state index contributed by atoms with van der Waals surface area (Å²) in [5, 5.41) is 10.3. The fraction of sp³-hybridized carbons (Fsp3) is 0.136. The number of benzene rings is 1. The second-order valence-corrected chi connectivity index (χ2v) is 7.51. The van der Waals surface area contributed by atoms with Crippen LogP contribution in [-0.4, -0.2) is 44.9 Å². The minimum Gasteiger partial charge on any atom is -0.321 e. The molecule has 2 amide bonds. The molecule has 1 aromatic carbocycles. The first-order chi connectivity index (χ1) is 15.8. The number of amides is 2. The van der Waals surface area contributed by atoms with Crippen molar-refractivity contribution in [1.82, 2.24) is 20.2 Å². The van der Waals surface area contributed by atoms with Crippen LogP contribution < -0.4 is 10.2 Å². The van der Waals surface area contributed by atoms with Gasteiger partial charge in [0.15, 0.2) is 5.65 Å². The van der Waals surface area contributed by atoms with E-state index in [1.807, 2.05) is 0 Å². The number of aromatic nitrogens is 4. The highest BCUT2D eigenvalue weighted by Gasteiger charge is 2.20. The van der Waals surface area contributed by atoms with E-state index in [9.17, 15) is 18.4 Å². The molecule has 3 heterocycles.